The van der Waals surface area contributed by atoms with Gasteiger partial charge in [-0.2, -0.15) is 5.10 Å². The molecule has 1 unspecified atom stereocenters. The van der Waals surface area contributed by atoms with Gasteiger partial charge in [-0.3, -0.25) is 4.68 Å². The number of aryl methyl sites for hydroxylation is 1. The summed E-state index contributed by atoms with van der Waals surface area (Å²) in [7, 11) is 3.83. The molecule has 0 aliphatic heterocycles. The fourth-order valence-electron chi connectivity index (χ4n) is 2.65. The molecule has 0 amide bonds. The third kappa shape index (κ3) is 2.24. The lowest BCUT2D eigenvalue weighted by atomic mass is 9.73. The zero-order chi connectivity index (χ0) is 12.3. The first kappa shape index (κ1) is 12.6. The van der Waals surface area contributed by atoms with E-state index in [0.717, 1.165) is 25.8 Å². The summed E-state index contributed by atoms with van der Waals surface area (Å²) >= 11 is 0. The molecule has 1 heterocycles. The van der Waals surface area contributed by atoms with E-state index in [1.807, 2.05) is 25.0 Å². The van der Waals surface area contributed by atoms with Crippen LogP contribution >= 0.6 is 0 Å². The van der Waals surface area contributed by atoms with E-state index < -0.39 is 0 Å². The number of hydrogen-bond donors (Lipinski definition) is 1. The average Bonchev–Trinajstić information content (AvgIpc) is 2.68. The SMILES string of the molecule is CCCNC(c1ccnn1C)C1(OC)CCC1. The Morgan fingerprint density at radius 1 is 1.59 bits per heavy atom. The number of aromatic nitrogens is 2. The molecule has 1 N–H and O–H groups in total. The second kappa shape index (κ2) is 5.19. The largest absolute Gasteiger partial charge is 0.376 e. The molecule has 1 fully saturated rings. The van der Waals surface area contributed by atoms with Crippen LogP contribution in [0.25, 0.3) is 0 Å². The molecule has 4 heteroatoms. The summed E-state index contributed by atoms with van der Waals surface area (Å²) in [5.74, 6) is 0. The summed E-state index contributed by atoms with van der Waals surface area (Å²) in [6.45, 7) is 3.20. The zero-order valence-electron chi connectivity index (χ0n) is 11.1. The van der Waals surface area contributed by atoms with Crippen molar-refractivity contribution in [2.24, 2.45) is 7.05 Å². The van der Waals surface area contributed by atoms with Crippen LogP contribution in [0.4, 0.5) is 0 Å². The lowest BCUT2D eigenvalue weighted by molar-refractivity contribution is -0.101. The highest BCUT2D eigenvalue weighted by atomic mass is 16.5. The van der Waals surface area contributed by atoms with Crippen LogP contribution in [-0.2, 0) is 11.8 Å². The molecule has 1 atom stereocenters. The Bertz CT molecular complexity index is 352. The summed E-state index contributed by atoms with van der Waals surface area (Å²) in [6, 6.07) is 2.35. The number of ether oxygens (including phenoxy) is 1. The molecule has 1 aliphatic rings. The molecule has 1 saturated carbocycles. The molecule has 17 heavy (non-hydrogen) atoms. The molecule has 4 nitrogen and oxygen atoms in total. The molecule has 0 spiro atoms. The third-order valence-electron chi connectivity index (χ3n) is 3.89. The first-order chi connectivity index (χ1) is 8.23. The van der Waals surface area contributed by atoms with Gasteiger partial charge in [-0.25, -0.2) is 0 Å². The minimum atomic E-state index is -0.0248. The Kier molecular flexibility index (Phi) is 3.84. The molecule has 1 aromatic heterocycles. The van der Waals surface area contributed by atoms with Gasteiger partial charge in [0, 0.05) is 20.4 Å². The number of nitrogens with zero attached hydrogens (tertiary/aromatic N) is 2. The quantitative estimate of drug-likeness (QED) is 0.823. The number of nitrogens with one attached hydrogen (secondary N) is 1. The van der Waals surface area contributed by atoms with Gasteiger partial charge in [-0.15, -0.1) is 0 Å². The van der Waals surface area contributed by atoms with E-state index in [4.69, 9.17) is 4.74 Å². The summed E-state index contributed by atoms with van der Waals surface area (Å²) in [5.41, 5.74) is 1.20. The van der Waals surface area contributed by atoms with Crippen molar-refractivity contribution in [3.8, 4) is 0 Å². The van der Waals surface area contributed by atoms with Gasteiger partial charge in [-0.05, 0) is 38.3 Å². The van der Waals surface area contributed by atoms with Gasteiger partial charge < -0.3 is 10.1 Å². The van der Waals surface area contributed by atoms with Gasteiger partial charge in [0.05, 0.1) is 17.3 Å². The maximum atomic E-state index is 5.81. The molecular formula is C13H23N3O. The van der Waals surface area contributed by atoms with Crippen molar-refractivity contribution in [2.45, 2.75) is 44.2 Å². The van der Waals surface area contributed by atoms with Crippen molar-refractivity contribution in [3.63, 3.8) is 0 Å². The maximum absolute atomic E-state index is 5.81. The monoisotopic (exact) mass is 237 g/mol. The fraction of sp³-hybridized carbons (Fsp3) is 0.769. The van der Waals surface area contributed by atoms with E-state index in [2.05, 4.69) is 23.4 Å². The molecule has 96 valence electrons. The van der Waals surface area contributed by atoms with Crippen molar-refractivity contribution in [1.82, 2.24) is 15.1 Å². The van der Waals surface area contributed by atoms with E-state index in [-0.39, 0.29) is 11.6 Å². The highest BCUT2D eigenvalue weighted by Crippen LogP contribution is 2.44. The van der Waals surface area contributed by atoms with E-state index in [1.54, 1.807) is 0 Å². The van der Waals surface area contributed by atoms with Gasteiger partial charge in [-0.1, -0.05) is 6.92 Å². The second-order valence-corrected chi connectivity index (χ2v) is 4.89. The average molecular weight is 237 g/mol. The molecule has 1 aliphatic carbocycles. The van der Waals surface area contributed by atoms with Gasteiger partial charge in [0.2, 0.25) is 0 Å². The van der Waals surface area contributed by atoms with E-state index in [1.165, 1.54) is 12.1 Å². The van der Waals surface area contributed by atoms with Crippen molar-refractivity contribution in [2.75, 3.05) is 13.7 Å². The topological polar surface area (TPSA) is 39.1 Å². The predicted octanol–water partition coefficient (Wildman–Crippen LogP) is 2.03. The Morgan fingerprint density at radius 2 is 2.35 bits per heavy atom. The molecule has 0 saturated heterocycles. The van der Waals surface area contributed by atoms with E-state index in [9.17, 15) is 0 Å². The number of methoxy groups -OCH3 is 1. The third-order valence-corrected chi connectivity index (χ3v) is 3.89. The lowest BCUT2D eigenvalue weighted by Gasteiger charge is -2.46. The first-order valence-electron chi connectivity index (χ1n) is 6.50. The van der Waals surface area contributed by atoms with Crippen LogP contribution in [0, 0.1) is 0 Å². The Balaban J connectivity index is 2.21. The van der Waals surface area contributed by atoms with Crippen LogP contribution in [0.5, 0.6) is 0 Å². The van der Waals surface area contributed by atoms with Crippen LogP contribution in [0.1, 0.15) is 44.3 Å². The van der Waals surface area contributed by atoms with E-state index in [0.29, 0.717) is 0 Å². The number of hydrogen-bond acceptors (Lipinski definition) is 3. The summed E-state index contributed by atoms with van der Waals surface area (Å²) < 4.78 is 7.76. The van der Waals surface area contributed by atoms with Crippen LogP contribution in [0.3, 0.4) is 0 Å². The Labute approximate surface area is 103 Å². The lowest BCUT2D eigenvalue weighted by Crippen LogP contribution is -2.51. The van der Waals surface area contributed by atoms with Gasteiger partial charge in [0.25, 0.3) is 0 Å². The Hall–Kier alpha value is -0.870. The predicted molar refractivity (Wildman–Crippen MR) is 67.8 cm³/mol. The maximum Gasteiger partial charge on any atom is 0.0887 e. The minimum Gasteiger partial charge on any atom is -0.376 e. The molecular weight excluding hydrogens is 214 g/mol. The molecule has 0 radical (unpaired) electrons. The minimum absolute atomic E-state index is 0.0248. The first-order valence-corrected chi connectivity index (χ1v) is 6.50. The highest BCUT2D eigenvalue weighted by Gasteiger charge is 2.45. The van der Waals surface area contributed by atoms with Gasteiger partial charge in [0.1, 0.15) is 0 Å². The summed E-state index contributed by atoms with van der Waals surface area (Å²) in [4.78, 5) is 0. The summed E-state index contributed by atoms with van der Waals surface area (Å²) in [5, 5.41) is 7.89. The fourth-order valence-corrected chi connectivity index (χ4v) is 2.65. The van der Waals surface area contributed by atoms with Crippen LogP contribution < -0.4 is 5.32 Å². The molecule has 0 bridgehead atoms. The Morgan fingerprint density at radius 3 is 2.76 bits per heavy atom. The van der Waals surface area contributed by atoms with Crippen molar-refractivity contribution < 1.29 is 4.74 Å². The standard InChI is InChI=1S/C13H23N3O/c1-4-9-14-12(11-6-10-15-16(11)2)13(17-3)7-5-8-13/h6,10,12,14H,4-5,7-9H2,1-3H3. The van der Waals surface area contributed by atoms with E-state index >= 15 is 0 Å². The molecule has 2 rings (SSSR count). The number of rotatable bonds is 6. The van der Waals surface area contributed by atoms with Gasteiger partial charge in [0.15, 0.2) is 0 Å². The van der Waals surface area contributed by atoms with Gasteiger partial charge >= 0.3 is 0 Å². The van der Waals surface area contributed by atoms with Crippen molar-refractivity contribution >= 4 is 0 Å². The van der Waals surface area contributed by atoms with Crippen LogP contribution in [0.2, 0.25) is 0 Å². The smallest absolute Gasteiger partial charge is 0.0887 e. The summed E-state index contributed by atoms with van der Waals surface area (Å²) in [6.07, 6.45) is 6.52. The highest BCUT2D eigenvalue weighted by molar-refractivity contribution is 5.15. The van der Waals surface area contributed by atoms with Crippen LogP contribution in [-0.4, -0.2) is 29.0 Å². The van der Waals surface area contributed by atoms with Crippen molar-refractivity contribution in [1.29, 1.82) is 0 Å². The van der Waals surface area contributed by atoms with Crippen LogP contribution in [0.15, 0.2) is 12.3 Å². The normalized spacial score (nSPS) is 19.9. The second-order valence-electron chi connectivity index (χ2n) is 4.89. The molecule has 0 aromatic carbocycles. The molecule has 1 aromatic rings. The zero-order valence-corrected chi connectivity index (χ0v) is 11.1. The van der Waals surface area contributed by atoms with Crippen molar-refractivity contribution in [3.05, 3.63) is 18.0 Å².